The number of halogens is 2. The quantitative estimate of drug-likeness (QED) is 0.744. The summed E-state index contributed by atoms with van der Waals surface area (Å²) in [6.45, 7) is 1.25. The summed E-state index contributed by atoms with van der Waals surface area (Å²) in [5.74, 6) is -0.00347. The Morgan fingerprint density at radius 3 is 2.93 bits per heavy atom. The maximum atomic E-state index is 13.5. The van der Waals surface area contributed by atoms with Crippen LogP contribution in [-0.4, -0.2) is 33.4 Å². The first-order chi connectivity index (χ1) is 13.0. The van der Waals surface area contributed by atoms with Gasteiger partial charge in [-0.3, -0.25) is 4.79 Å². The Kier molecular flexibility index (Phi) is 4.74. The van der Waals surface area contributed by atoms with E-state index in [9.17, 15) is 9.18 Å². The molecular weight excluding hydrogens is 367 g/mol. The summed E-state index contributed by atoms with van der Waals surface area (Å²) in [4.78, 5) is 19.0. The lowest BCUT2D eigenvalue weighted by Gasteiger charge is -2.34. The molecule has 0 aliphatic carbocycles. The molecule has 1 aliphatic rings. The molecule has 0 bridgehead atoms. The van der Waals surface area contributed by atoms with Gasteiger partial charge in [0.05, 0.1) is 23.5 Å². The molecule has 5 nitrogen and oxygen atoms in total. The number of nitrogens with two attached hydrogens (primary N) is 1. The van der Waals surface area contributed by atoms with Crippen LogP contribution >= 0.6 is 11.6 Å². The van der Waals surface area contributed by atoms with Crippen molar-refractivity contribution in [3.8, 4) is 0 Å². The third-order valence-electron chi connectivity index (χ3n) is 5.02. The van der Waals surface area contributed by atoms with Crippen molar-refractivity contribution in [2.45, 2.75) is 25.3 Å². The minimum Gasteiger partial charge on any atom is -0.369 e. The molecule has 7 heteroatoms. The first-order valence-corrected chi connectivity index (χ1v) is 9.34. The molecule has 2 heterocycles. The van der Waals surface area contributed by atoms with Crippen LogP contribution in [0.2, 0.25) is 5.02 Å². The van der Waals surface area contributed by atoms with Crippen molar-refractivity contribution in [1.82, 2.24) is 14.5 Å². The van der Waals surface area contributed by atoms with E-state index in [1.165, 1.54) is 12.1 Å². The zero-order valence-corrected chi connectivity index (χ0v) is 15.5. The Labute approximate surface area is 161 Å². The first-order valence-electron chi connectivity index (χ1n) is 8.96. The van der Waals surface area contributed by atoms with E-state index in [1.807, 2.05) is 33.7 Å². The van der Waals surface area contributed by atoms with Crippen LogP contribution in [0.1, 0.15) is 24.4 Å². The lowest BCUT2D eigenvalue weighted by Crippen LogP contribution is -2.41. The van der Waals surface area contributed by atoms with E-state index >= 15 is 0 Å². The van der Waals surface area contributed by atoms with E-state index in [0.717, 1.165) is 23.9 Å². The van der Waals surface area contributed by atoms with Crippen LogP contribution < -0.4 is 5.73 Å². The van der Waals surface area contributed by atoms with Gasteiger partial charge in [-0.25, -0.2) is 9.37 Å². The Morgan fingerprint density at radius 2 is 2.11 bits per heavy atom. The van der Waals surface area contributed by atoms with Crippen molar-refractivity contribution in [2.75, 3.05) is 18.8 Å². The Balaban J connectivity index is 1.54. The molecule has 3 aromatic rings. The number of carbonyl (C=O) groups is 1. The highest BCUT2D eigenvalue weighted by Crippen LogP contribution is 2.29. The predicted molar refractivity (Wildman–Crippen MR) is 104 cm³/mol. The summed E-state index contributed by atoms with van der Waals surface area (Å²) < 4.78 is 15.5. The van der Waals surface area contributed by atoms with Gasteiger partial charge in [0, 0.05) is 18.1 Å². The van der Waals surface area contributed by atoms with Crippen molar-refractivity contribution in [1.29, 1.82) is 0 Å². The highest BCUT2D eigenvalue weighted by atomic mass is 35.5. The normalized spacial score (nSPS) is 17.4. The van der Waals surface area contributed by atoms with E-state index < -0.39 is 5.82 Å². The molecule has 1 aliphatic heterocycles. The molecule has 0 saturated carbocycles. The van der Waals surface area contributed by atoms with E-state index in [4.69, 9.17) is 17.3 Å². The van der Waals surface area contributed by atoms with Crippen molar-refractivity contribution in [3.05, 3.63) is 58.9 Å². The molecule has 2 aromatic carbocycles. The van der Waals surface area contributed by atoms with Crippen LogP contribution in [0, 0.1) is 5.82 Å². The summed E-state index contributed by atoms with van der Waals surface area (Å²) in [7, 11) is 0. The molecule has 2 N–H and O–H groups in total. The molecule has 1 aromatic heterocycles. The summed E-state index contributed by atoms with van der Waals surface area (Å²) in [6, 6.07) is 12.1. The molecule has 1 fully saturated rings. The van der Waals surface area contributed by atoms with Gasteiger partial charge in [0.15, 0.2) is 0 Å². The predicted octanol–water partition coefficient (Wildman–Crippen LogP) is 3.82. The molecule has 0 spiro atoms. The summed E-state index contributed by atoms with van der Waals surface area (Å²) in [5, 5.41) is 0.298. The number of benzene rings is 2. The van der Waals surface area contributed by atoms with Gasteiger partial charge < -0.3 is 15.2 Å². The number of imidazole rings is 1. The molecule has 4 rings (SSSR count). The SMILES string of the molecule is Nc1nc2ccccc2n1[C@H]1CCCN(C(=O)Cc2cc(F)cc(Cl)c2)C1. The van der Waals surface area contributed by atoms with Crippen LogP contribution in [0.15, 0.2) is 42.5 Å². The molecule has 1 amide bonds. The largest absolute Gasteiger partial charge is 0.369 e. The number of anilines is 1. The average molecular weight is 387 g/mol. The van der Waals surface area contributed by atoms with E-state index in [2.05, 4.69) is 4.98 Å². The Morgan fingerprint density at radius 1 is 1.30 bits per heavy atom. The number of piperidine rings is 1. The molecule has 27 heavy (non-hydrogen) atoms. The van der Waals surface area contributed by atoms with Gasteiger partial charge in [-0.2, -0.15) is 0 Å². The molecule has 0 unspecified atom stereocenters. The lowest BCUT2D eigenvalue weighted by atomic mass is 10.0. The molecule has 1 saturated heterocycles. The van der Waals surface area contributed by atoms with Gasteiger partial charge in [0.25, 0.3) is 0 Å². The average Bonchev–Trinajstić information content (AvgIpc) is 2.96. The number of nitrogen functional groups attached to an aromatic ring is 1. The summed E-state index contributed by atoms with van der Waals surface area (Å²) in [6.07, 6.45) is 1.94. The summed E-state index contributed by atoms with van der Waals surface area (Å²) >= 11 is 5.89. The fourth-order valence-corrected chi connectivity index (χ4v) is 4.08. The smallest absolute Gasteiger partial charge is 0.227 e. The molecule has 1 atom stereocenters. The zero-order chi connectivity index (χ0) is 19.0. The highest BCUT2D eigenvalue weighted by molar-refractivity contribution is 6.30. The second kappa shape index (κ2) is 7.19. The van der Waals surface area contributed by atoms with Crippen molar-refractivity contribution < 1.29 is 9.18 Å². The zero-order valence-electron chi connectivity index (χ0n) is 14.7. The van der Waals surface area contributed by atoms with Gasteiger partial charge in [0.2, 0.25) is 11.9 Å². The van der Waals surface area contributed by atoms with Crippen LogP contribution in [0.25, 0.3) is 11.0 Å². The standard InChI is InChI=1S/C20H20ClFN4O/c21-14-8-13(9-15(22)11-14)10-19(27)25-7-3-4-16(12-25)26-18-6-2-1-5-17(18)24-20(26)23/h1-2,5-6,8-9,11,16H,3-4,7,10,12H2,(H2,23,24)/t16-/m0/s1. The second-order valence-electron chi connectivity index (χ2n) is 6.92. The van der Waals surface area contributed by atoms with Crippen molar-refractivity contribution >= 4 is 34.5 Å². The minimum atomic E-state index is -0.431. The maximum absolute atomic E-state index is 13.5. The number of amides is 1. The molecular formula is C20H20ClFN4O. The van der Waals surface area contributed by atoms with Gasteiger partial charge in [0.1, 0.15) is 5.82 Å². The third-order valence-corrected chi connectivity index (χ3v) is 5.23. The highest BCUT2D eigenvalue weighted by Gasteiger charge is 2.27. The van der Waals surface area contributed by atoms with Crippen LogP contribution in [0.3, 0.4) is 0 Å². The number of likely N-dealkylation sites (tertiary alicyclic amines) is 1. The number of hydrogen-bond acceptors (Lipinski definition) is 3. The van der Waals surface area contributed by atoms with Crippen LogP contribution in [-0.2, 0) is 11.2 Å². The van der Waals surface area contributed by atoms with E-state index in [1.54, 1.807) is 6.07 Å². The Hall–Kier alpha value is -2.60. The van der Waals surface area contributed by atoms with Crippen LogP contribution in [0.5, 0.6) is 0 Å². The monoisotopic (exact) mass is 386 g/mol. The number of nitrogens with zero attached hydrogens (tertiary/aromatic N) is 3. The fraction of sp³-hybridized carbons (Fsp3) is 0.300. The molecule has 140 valence electrons. The maximum Gasteiger partial charge on any atom is 0.227 e. The number of rotatable bonds is 3. The third kappa shape index (κ3) is 3.62. The topological polar surface area (TPSA) is 64.2 Å². The van der Waals surface area contributed by atoms with Crippen molar-refractivity contribution in [2.24, 2.45) is 0 Å². The van der Waals surface area contributed by atoms with Gasteiger partial charge in [-0.15, -0.1) is 0 Å². The fourth-order valence-electron chi connectivity index (χ4n) is 3.84. The second-order valence-corrected chi connectivity index (χ2v) is 7.36. The van der Waals surface area contributed by atoms with Gasteiger partial charge >= 0.3 is 0 Å². The summed E-state index contributed by atoms with van der Waals surface area (Å²) in [5.41, 5.74) is 8.57. The number of para-hydroxylation sites is 2. The number of hydrogen-bond donors (Lipinski definition) is 1. The lowest BCUT2D eigenvalue weighted by molar-refractivity contribution is -0.132. The number of fused-ring (bicyclic) bond motifs is 1. The first kappa shape index (κ1) is 17.8. The van der Waals surface area contributed by atoms with E-state index in [0.29, 0.717) is 29.6 Å². The van der Waals surface area contributed by atoms with Crippen molar-refractivity contribution in [3.63, 3.8) is 0 Å². The number of aromatic nitrogens is 2. The van der Waals surface area contributed by atoms with Crippen LogP contribution in [0.4, 0.5) is 10.3 Å². The Bertz CT molecular complexity index is 983. The van der Waals surface area contributed by atoms with E-state index in [-0.39, 0.29) is 18.4 Å². The van der Waals surface area contributed by atoms with Gasteiger partial charge in [-0.05, 0) is 48.7 Å². The number of carbonyl (C=O) groups excluding carboxylic acids is 1. The molecule has 0 radical (unpaired) electrons. The van der Waals surface area contributed by atoms with Gasteiger partial charge in [-0.1, -0.05) is 23.7 Å². The minimum absolute atomic E-state index is 0.0376.